The first-order valence-corrected chi connectivity index (χ1v) is 9.43. The molecule has 1 heterocycles. The van der Waals surface area contributed by atoms with Crippen molar-refractivity contribution in [2.75, 3.05) is 4.90 Å². The van der Waals surface area contributed by atoms with Crippen molar-refractivity contribution in [3.05, 3.63) is 106 Å². The van der Waals surface area contributed by atoms with Gasteiger partial charge in [-0.3, -0.25) is 9.69 Å². The van der Waals surface area contributed by atoms with Crippen molar-refractivity contribution in [1.29, 1.82) is 0 Å². The highest BCUT2D eigenvalue weighted by Crippen LogP contribution is 2.29. The van der Waals surface area contributed by atoms with Crippen molar-refractivity contribution in [2.45, 2.75) is 13.8 Å². The van der Waals surface area contributed by atoms with Gasteiger partial charge in [0.05, 0.1) is 5.69 Å². The van der Waals surface area contributed by atoms with E-state index < -0.39 is 0 Å². The smallest absolute Gasteiger partial charge is 0.266 e. The normalized spacial score (nSPS) is 15.2. The summed E-state index contributed by atoms with van der Waals surface area (Å²) in [5.41, 5.74) is 5.31. The number of benzene rings is 3. The summed E-state index contributed by atoms with van der Waals surface area (Å²) < 4.78 is 0. The van der Waals surface area contributed by atoms with Crippen LogP contribution in [0.1, 0.15) is 22.3 Å². The molecule has 3 aromatic carbocycles. The van der Waals surface area contributed by atoms with Gasteiger partial charge in [-0.2, -0.15) is 0 Å². The van der Waals surface area contributed by atoms with Crippen molar-refractivity contribution in [1.82, 2.24) is 0 Å². The minimum atomic E-state index is -0.154. The molecule has 0 aliphatic carbocycles. The molecule has 0 bridgehead atoms. The number of carbonyl (C=O) groups excluding carboxylic acids is 1. The maximum atomic E-state index is 13.2. The maximum Gasteiger partial charge on any atom is 0.282 e. The van der Waals surface area contributed by atoms with Crippen LogP contribution in [0.3, 0.4) is 0 Å². The van der Waals surface area contributed by atoms with Gasteiger partial charge in [0.2, 0.25) is 0 Å². The van der Waals surface area contributed by atoms with E-state index in [2.05, 4.69) is 4.99 Å². The summed E-state index contributed by atoms with van der Waals surface area (Å²) in [5, 5.41) is 0.625. The molecule has 0 fully saturated rings. The molecule has 138 valence electrons. The summed E-state index contributed by atoms with van der Waals surface area (Å²) in [5.74, 6) is 0.462. The Hall–Kier alpha value is -3.17. The Kier molecular flexibility index (Phi) is 4.84. The fraction of sp³-hybridized carbons (Fsp3) is 0.0833. The summed E-state index contributed by atoms with van der Waals surface area (Å²) in [4.78, 5) is 19.6. The van der Waals surface area contributed by atoms with Gasteiger partial charge in [-0.15, -0.1) is 0 Å². The van der Waals surface area contributed by atoms with Crippen LogP contribution in [-0.4, -0.2) is 11.7 Å². The van der Waals surface area contributed by atoms with E-state index in [0.717, 1.165) is 22.4 Å². The van der Waals surface area contributed by atoms with E-state index in [1.54, 1.807) is 17.0 Å². The van der Waals surface area contributed by atoms with Crippen molar-refractivity contribution >= 4 is 35.1 Å². The van der Waals surface area contributed by atoms with E-state index >= 15 is 0 Å². The van der Waals surface area contributed by atoms with Crippen molar-refractivity contribution in [3.63, 3.8) is 0 Å². The number of aliphatic imine (C=N–C) groups is 1. The maximum absolute atomic E-state index is 13.2. The SMILES string of the molecule is Cc1ccc(/C=C2/N=C(c3ccc(C)cc3)N(c3ccc(Cl)cc3)C2=O)cc1. The average molecular weight is 387 g/mol. The predicted octanol–water partition coefficient (Wildman–Crippen LogP) is 5.79. The van der Waals surface area contributed by atoms with Crippen LogP contribution < -0.4 is 4.90 Å². The van der Waals surface area contributed by atoms with Gasteiger partial charge in [0.1, 0.15) is 11.5 Å². The standard InChI is InChI=1S/C24H19ClN2O/c1-16-3-7-18(8-4-16)15-22-24(28)27(21-13-11-20(25)12-14-21)23(26-22)19-9-5-17(2)6-10-19/h3-15H,1-2H3/b22-15+. The molecule has 0 aromatic heterocycles. The Morgan fingerprint density at radius 3 is 2.00 bits per heavy atom. The second kappa shape index (κ2) is 7.45. The van der Waals surface area contributed by atoms with Gasteiger partial charge in [-0.05, 0) is 49.8 Å². The average Bonchev–Trinajstić information content (AvgIpc) is 3.01. The van der Waals surface area contributed by atoms with Crippen LogP contribution >= 0.6 is 11.6 Å². The Balaban J connectivity index is 1.81. The third-order valence-electron chi connectivity index (χ3n) is 4.64. The van der Waals surface area contributed by atoms with Crippen LogP contribution in [0.5, 0.6) is 0 Å². The third kappa shape index (κ3) is 3.62. The zero-order valence-electron chi connectivity index (χ0n) is 15.7. The number of amidine groups is 1. The lowest BCUT2D eigenvalue weighted by molar-refractivity contribution is -0.113. The Bertz CT molecular complexity index is 1080. The topological polar surface area (TPSA) is 32.7 Å². The molecule has 0 atom stereocenters. The summed E-state index contributed by atoms with van der Waals surface area (Å²) in [6, 6.07) is 23.2. The van der Waals surface area contributed by atoms with Gasteiger partial charge in [0, 0.05) is 10.6 Å². The first kappa shape index (κ1) is 18.2. The number of nitrogens with zero attached hydrogens (tertiary/aromatic N) is 2. The van der Waals surface area contributed by atoms with Crippen LogP contribution in [0.15, 0.2) is 83.5 Å². The molecule has 28 heavy (non-hydrogen) atoms. The highest BCUT2D eigenvalue weighted by atomic mass is 35.5. The number of carbonyl (C=O) groups is 1. The number of aryl methyl sites for hydroxylation is 2. The number of halogens is 1. The molecule has 1 amide bonds. The van der Waals surface area contributed by atoms with E-state index in [1.807, 2.05) is 80.6 Å². The van der Waals surface area contributed by atoms with E-state index in [1.165, 1.54) is 5.56 Å². The minimum absolute atomic E-state index is 0.154. The first-order valence-electron chi connectivity index (χ1n) is 9.05. The number of rotatable bonds is 3. The molecule has 3 nitrogen and oxygen atoms in total. The van der Waals surface area contributed by atoms with Crippen LogP contribution in [0.4, 0.5) is 5.69 Å². The highest BCUT2D eigenvalue weighted by molar-refractivity contribution is 6.33. The lowest BCUT2D eigenvalue weighted by Gasteiger charge is -2.18. The molecule has 4 rings (SSSR count). The first-order chi connectivity index (χ1) is 13.5. The minimum Gasteiger partial charge on any atom is -0.266 e. The fourth-order valence-electron chi connectivity index (χ4n) is 3.06. The predicted molar refractivity (Wildman–Crippen MR) is 116 cm³/mol. The molecule has 1 aliphatic rings. The summed E-state index contributed by atoms with van der Waals surface area (Å²) >= 11 is 6.03. The van der Waals surface area contributed by atoms with E-state index in [-0.39, 0.29) is 5.91 Å². The third-order valence-corrected chi connectivity index (χ3v) is 4.89. The van der Waals surface area contributed by atoms with Crippen LogP contribution in [0.25, 0.3) is 6.08 Å². The largest absolute Gasteiger partial charge is 0.282 e. The van der Waals surface area contributed by atoms with Gasteiger partial charge in [-0.25, -0.2) is 4.99 Å². The molecule has 0 N–H and O–H groups in total. The van der Waals surface area contributed by atoms with Gasteiger partial charge < -0.3 is 0 Å². The van der Waals surface area contributed by atoms with Crippen molar-refractivity contribution in [3.8, 4) is 0 Å². The Morgan fingerprint density at radius 1 is 0.821 bits per heavy atom. The second-order valence-electron chi connectivity index (χ2n) is 6.86. The van der Waals surface area contributed by atoms with Crippen molar-refractivity contribution in [2.24, 2.45) is 4.99 Å². The van der Waals surface area contributed by atoms with Gasteiger partial charge in [-0.1, -0.05) is 71.3 Å². The van der Waals surface area contributed by atoms with Crippen LogP contribution in [0, 0.1) is 13.8 Å². The summed E-state index contributed by atoms with van der Waals surface area (Å²) in [6.07, 6.45) is 1.83. The Labute approximate surface area is 169 Å². The molecular formula is C24H19ClN2O. The van der Waals surface area contributed by atoms with Gasteiger partial charge in [0.15, 0.2) is 0 Å². The number of hydrogen-bond donors (Lipinski definition) is 0. The molecule has 4 heteroatoms. The Morgan fingerprint density at radius 2 is 1.39 bits per heavy atom. The molecule has 1 aliphatic heterocycles. The molecule has 3 aromatic rings. The fourth-order valence-corrected chi connectivity index (χ4v) is 3.19. The van der Waals surface area contributed by atoms with Crippen LogP contribution in [0.2, 0.25) is 5.02 Å². The molecule has 0 unspecified atom stereocenters. The second-order valence-corrected chi connectivity index (χ2v) is 7.30. The van der Waals surface area contributed by atoms with Gasteiger partial charge in [0.25, 0.3) is 5.91 Å². The van der Waals surface area contributed by atoms with Gasteiger partial charge >= 0.3 is 0 Å². The molecule has 0 radical (unpaired) electrons. The molecule has 0 saturated carbocycles. The van der Waals surface area contributed by atoms with Crippen molar-refractivity contribution < 1.29 is 4.79 Å². The van der Waals surface area contributed by atoms with E-state index in [4.69, 9.17) is 11.6 Å². The zero-order valence-corrected chi connectivity index (χ0v) is 16.4. The van der Waals surface area contributed by atoms with E-state index in [9.17, 15) is 4.79 Å². The monoisotopic (exact) mass is 386 g/mol. The molecule has 0 saturated heterocycles. The quantitative estimate of drug-likeness (QED) is 0.524. The lowest BCUT2D eigenvalue weighted by atomic mass is 10.1. The zero-order chi connectivity index (χ0) is 19.7. The van der Waals surface area contributed by atoms with Crippen LogP contribution in [-0.2, 0) is 4.79 Å². The highest BCUT2D eigenvalue weighted by Gasteiger charge is 2.32. The number of amides is 1. The molecule has 0 spiro atoms. The molecular weight excluding hydrogens is 368 g/mol. The number of anilines is 1. The lowest BCUT2D eigenvalue weighted by Crippen LogP contribution is -2.32. The summed E-state index contributed by atoms with van der Waals surface area (Å²) in [7, 11) is 0. The van der Waals surface area contributed by atoms with E-state index in [0.29, 0.717) is 16.6 Å². The summed E-state index contributed by atoms with van der Waals surface area (Å²) in [6.45, 7) is 4.07. The number of hydrogen-bond acceptors (Lipinski definition) is 2.